The summed E-state index contributed by atoms with van der Waals surface area (Å²) < 4.78 is 0. The van der Waals surface area contributed by atoms with E-state index in [1.54, 1.807) is 0 Å². The van der Waals surface area contributed by atoms with Gasteiger partial charge in [0, 0.05) is 16.9 Å². The second-order valence-electron chi connectivity index (χ2n) is 6.50. The summed E-state index contributed by atoms with van der Waals surface area (Å²) >= 11 is 0. The van der Waals surface area contributed by atoms with E-state index < -0.39 is 0 Å². The number of aromatic nitrogens is 1. The summed E-state index contributed by atoms with van der Waals surface area (Å²) in [7, 11) is 0. The van der Waals surface area contributed by atoms with Crippen LogP contribution in [0.1, 0.15) is 50.3 Å². The van der Waals surface area contributed by atoms with Gasteiger partial charge in [0.1, 0.15) is 0 Å². The lowest BCUT2D eigenvalue weighted by molar-refractivity contribution is 0.889. The minimum Gasteiger partial charge on any atom is -0.248 e. The van der Waals surface area contributed by atoms with Crippen molar-refractivity contribution < 1.29 is 0 Å². The smallest absolute Gasteiger partial charge is 0.0712 e. The molecule has 0 aliphatic heterocycles. The molecule has 0 bridgehead atoms. The molecular formula is C24H29N. The highest BCUT2D eigenvalue weighted by Gasteiger charge is 2.16. The normalized spacial score (nSPS) is 11.6. The Morgan fingerprint density at radius 3 is 2.40 bits per heavy atom. The molecule has 0 amide bonds. The molecule has 3 rings (SSSR count). The van der Waals surface area contributed by atoms with E-state index in [2.05, 4.69) is 82.8 Å². The van der Waals surface area contributed by atoms with Crippen molar-refractivity contribution >= 4 is 10.9 Å². The van der Waals surface area contributed by atoms with Crippen LogP contribution >= 0.6 is 0 Å². The van der Waals surface area contributed by atoms with Crippen LogP contribution in [0.15, 0.2) is 60.7 Å². The number of hydrogen-bond acceptors (Lipinski definition) is 1. The molecule has 0 radical (unpaired) electrons. The van der Waals surface area contributed by atoms with Gasteiger partial charge in [-0.3, -0.25) is 0 Å². The maximum Gasteiger partial charge on any atom is 0.0712 e. The van der Waals surface area contributed by atoms with Crippen molar-refractivity contribution in [3.63, 3.8) is 0 Å². The van der Waals surface area contributed by atoms with E-state index in [4.69, 9.17) is 4.98 Å². The van der Waals surface area contributed by atoms with E-state index in [1.165, 1.54) is 33.2 Å². The van der Waals surface area contributed by atoms with Gasteiger partial charge in [-0.25, -0.2) is 4.98 Å². The SMILES string of the molecule is C=C(C)C(C)c1c(C)cccc1-c1ccc2cc(C)ccc2n1.CC. The van der Waals surface area contributed by atoms with E-state index in [9.17, 15) is 0 Å². The number of pyridine rings is 1. The molecule has 1 aromatic heterocycles. The monoisotopic (exact) mass is 331 g/mol. The average Bonchev–Trinajstić information content (AvgIpc) is 2.62. The summed E-state index contributed by atoms with van der Waals surface area (Å²) in [4.78, 5) is 4.90. The molecule has 0 N–H and O–H groups in total. The average molecular weight is 332 g/mol. The summed E-state index contributed by atoms with van der Waals surface area (Å²) in [6, 6.07) is 17.2. The van der Waals surface area contributed by atoms with Gasteiger partial charge in [-0.2, -0.15) is 0 Å². The number of benzene rings is 2. The van der Waals surface area contributed by atoms with Crippen molar-refractivity contribution in [3.8, 4) is 11.3 Å². The van der Waals surface area contributed by atoms with Gasteiger partial charge in [0.15, 0.2) is 0 Å². The number of rotatable bonds is 3. The molecule has 1 heterocycles. The molecule has 0 fully saturated rings. The minimum absolute atomic E-state index is 0.321. The molecule has 0 saturated heterocycles. The first-order valence-electron chi connectivity index (χ1n) is 9.10. The van der Waals surface area contributed by atoms with Gasteiger partial charge >= 0.3 is 0 Å². The molecular weight excluding hydrogens is 302 g/mol. The second-order valence-corrected chi connectivity index (χ2v) is 6.50. The van der Waals surface area contributed by atoms with Gasteiger partial charge in [-0.15, -0.1) is 0 Å². The summed E-state index contributed by atoms with van der Waals surface area (Å²) in [5.41, 5.74) is 8.36. The highest BCUT2D eigenvalue weighted by atomic mass is 14.7. The van der Waals surface area contributed by atoms with Gasteiger partial charge < -0.3 is 0 Å². The van der Waals surface area contributed by atoms with Crippen LogP contribution < -0.4 is 0 Å². The largest absolute Gasteiger partial charge is 0.248 e. The second kappa shape index (κ2) is 8.11. The minimum atomic E-state index is 0.321. The Bertz CT molecular complexity index is 890. The molecule has 2 aromatic carbocycles. The quantitative estimate of drug-likeness (QED) is 0.461. The van der Waals surface area contributed by atoms with Crippen LogP contribution in [0, 0.1) is 13.8 Å². The molecule has 0 aliphatic rings. The number of fused-ring (bicyclic) bond motifs is 1. The van der Waals surface area contributed by atoms with E-state index in [0.29, 0.717) is 5.92 Å². The van der Waals surface area contributed by atoms with Crippen LogP contribution in [0.2, 0.25) is 0 Å². The highest BCUT2D eigenvalue weighted by Crippen LogP contribution is 2.34. The van der Waals surface area contributed by atoms with Gasteiger partial charge in [-0.1, -0.05) is 68.8 Å². The Balaban J connectivity index is 0.00000109. The topological polar surface area (TPSA) is 12.9 Å². The lowest BCUT2D eigenvalue weighted by Crippen LogP contribution is -2.01. The van der Waals surface area contributed by atoms with Crippen LogP contribution in [0.25, 0.3) is 22.2 Å². The van der Waals surface area contributed by atoms with E-state index in [-0.39, 0.29) is 0 Å². The standard InChI is InChI=1S/C22H23N.C2H6/c1-14(2)17(5)22-16(4)7-6-8-19(22)21-12-10-18-13-15(3)9-11-20(18)23-21;1-2/h6-13,17H,1H2,2-5H3;1-2H3. The van der Waals surface area contributed by atoms with Gasteiger partial charge in [-0.05, 0) is 50.1 Å². The zero-order valence-electron chi connectivity index (χ0n) is 16.4. The zero-order chi connectivity index (χ0) is 18.6. The summed E-state index contributed by atoms with van der Waals surface area (Å²) in [6.07, 6.45) is 0. The maximum atomic E-state index is 4.90. The number of allylic oxidation sites excluding steroid dienone is 1. The predicted octanol–water partition coefficient (Wildman–Crippen LogP) is 7.22. The molecule has 1 atom stereocenters. The number of nitrogens with zero attached hydrogens (tertiary/aromatic N) is 1. The van der Waals surface area contributed by atoms with Crippen molar-refractivity contribution in [2.24, 2.45) is 0 Å². The third-order valence-corrected chi connectivity index (χ3v) is 4.62. The van der Waals surface area contributed by atoms with E-state index in [0.717, 1.165) is 11.2 Å². The Kier molecular flexibility index (Phi) is 6.14. The number of aryl methyl sites for hydroxylation is 2. The number of hydrogen-bond donors (Lipinski definition) is 0. The Morgan fingerprint density at radius 2 is 1.72 bits per heavy atom. The van der Waals surface area contributed by atoms with Crippen molar-refractivity contribution in [2.75, 3.05) is 0 Å². The first kappa shape index (κ1) is 18.9. The first-order valence-corrected chi connectivity index (χ1v) is 9.10. The van der Waals surface area contributed by atoms with Crippen LogP contribution in [0.5, 0.6) is 0 Å². The maximum absolute atomic E-state index is 4.90. The summed E-state index contributed by atoms with van der Waals surface area (Å²) in [6.45, 7) is 16.7. The van der Waals surface area contributed by atoms with E-state index in [1.807, 2.05) is 13.8 Å². The van der Waals surface area contributed by atoms with Crippen molar-refractivity contribution in [3.05, 3.63) is 77.4 Å². The molecule has 1 unspecified atom stereocenters. The zero-order valence-corrected chi connectivity index (χ0v) is 16.4. The summed E-state index contributed by atoms with van der Waals surface area (Å²) in [5, 5.41) is 1.19. The third kappa shape index (κ3) is 3.99. The predicted molar refractivity (Wildman–Crippen MR) is 111 cm³/mol. The Morgan fingerprint density at radius 1 is 1.00 bits per heavy atom. The lowest BCUT2D eigenvalue weighted by Gasteiger charge is -2.19. The van der Waals surface area contributed by atoms with Crippen LogP contribution in [-0.4, -0.2) is 4.98 Å². The molecule has 130 valence electrons. The Labute approximate surface area is 152 Å². The third-order valence-electron chi connectivity index (χ3n) is 4.62. The Hall–Kier alpha value is -2.41. The molecule has 0 saturated carbocycles. The van der Waals surface area contributed by atoms with Crippen molar-refractivity contribution in [1.82, 2.24) is 4.98 Å². The van der Waals surface area contributed by atoms with Gasteiger partial charge in [0.25, 0.3) is 0 Å². The van der Waals surface area contributed by atoms with E-state index >= 15 is 0 Å². The molecule has 0 spiro atoms. The molecule has 1 heteroatoms. The molecule has 0 aliphatic carbocycles. The fourth-order valence-corrected chi connectivity index (χ4v) is 3.12. The van der Waals surface area contributed by atoms with Crippen molar-refractivity contribution in [1.29, 1.82) is 0 Å². The first-order chi connectivity index (χ1) is 12.0. The fraction of sp³-hybridized carbons (Fsp3) is 0.292. The lowest BCUT2D eigenvalue weighted by atomic mass is 9.86. The van der Waals surface area contributed by atoms with Crippen LogP contribution in [0.3, 0.4) is 0 Å². The highest BCUT2D eigenvalue weighted by molar-refractivity contribution is 5.83. The molecule has 25 heavy (non-hydrogen) atoms. The molecule has 3 aromatic rings. The fourth-order valence-electron chi connectivity index (χ4n) is 3.12. The van der Waals surface area contributed by atoms with Gasteiger partial charge in [0.2, 0.25) is 0 Å². The molecule has 1 nitrogen and oxygen atoms in total. The summed E-state index contributed by atoms with van der Waals surface area (Å²) in [5.74, 6) is 0.321. The van der Waals surface area contributed by atoms with Gasteiger partial charge in [0.05, 0.1) is 11.2 Å². The van der Waals surface area contributed by atoms with Crippen LogP contribution in [-0.2, 0) is 0 Å². The van der Waals surface area contributed by atoms with Crippen LogP contribution in [0.4, 0.5) is 0 Å². The van der Waals surface area contributed by atoms with Crippen molar-refractivity contribution in [2.45, 2.75) is 47.5 Å².